The molecule has 3 nitrogen and oxygen atoms in total. The molecule has 2 rings (SSSR count). The van der Waals surface area contributed by atoms with Crippen molar-refractivity contribution in [1.29, 1.82) is 0 Å². The van der Waals surface area contributed by atoms with Gasteiger partial charge in [0.05, 0.1) is 14.2 Å². The van der Waals surface area contributed by atoms with Crippen molar-refractivity contribution in [1.82, 2.24) is 0 Å². The van der Waals surface area contributed by atoms with Gasteiger partial charge in [-0.3, -0.25) is 0 Å². The maximum absolute atomic E-state index is 11.5. The SMILES string of the molecule is COc1ccccc1CC(C=O)c1ccccc1OC. The second-order valence-corrected chi connectivity index (χ2v) is 4.50. The van der Waals surface area contributed by atoms with E-state index in [1.807, 2.05) is 48.5 Å². The van der Waals surface area contributed by atoms with Crippen molar-refractivity contribution in [2.45, 2.75) is 12.3 Å². The Hall–Kier alpha value is -2.29. The lowest BCUT2D eigenvalue weighted by Gasteiger charge is -2.16. The van der Waals surface area contributed by atoms with Crippen LogP contribution >= 0.6 is 0 Å². The first-order chi connectivity index (χ1) is 9.80. The van der Waals surface area contributed by atoms with E-state index in [1.165, 1.54) is 0 Å². The highest BCUT2D eigenvalue weighted by molar-refractivity contribution is 5.65. The number of carbonyl (C=O) groups excluding carboxylic acids is 1. The Morgan fingerprint density at radius 1 is 0.950 bits per heavy atom. The van der Waals surface area contributed by atoms with Gasteiger partial charge in [0.1, 0.15) is 17.8 Å². The van der Waals surface area contributed by atoms with Crippen molar-refractivity contribution in [2.75, 3.05) is 14.2 Å². The molecule has 3 heteroatoms. The summed E-state index contributed by atoms with van der Waals surface area (Å²) in [5.74, 6) is 1.29. The number of hydrogen-bond acceptors (Lipinski definition) is 3. The Labute approximate surface area is 119 Å². The smallest absolute Gasteiger partial charge is 0.127 e. The van der Waals surface area contributed by atoms with Gasteiger partial charge in [-0.25, -0.2) is 0 Å². The summed E-state index contributed by atoms with van der Waals surface area (Å²) in [6.07, 6.45) is 1.55. The fourth-order valence-electron chi connectivity index (χ4n) is 2.31. The fourth-order valence-corrected chi connectivity index (χ4v) is 2.31. The second kappa shape index (κ2) is 6.75. The van der Waals surface area contributed by atoms with E-state index in [0.29, 0.717) is 6.42 Å². The first kappa shape index (κ1) is 14.1. The topological polar surface area (TPSA) is 35.5 Å². The van der Waals surface area contributed by atoms with Crippen LogP contribution in [0.2, 0.25) is 0 Å². The van der Waals surface area contributed by atoms with Crippen molar-refractivity contribution >= 4 is 6.29 Å². The van der Waals surface area contributed by atoms with Gasteiger partial charge in [0.15, 0.2) is 0 Å². The summed E-state index contributed by atoms with van der Waals surface area (Å²) in [6.45, 7) is 0. The van der Waals surface area contributed by atoms with Gasteiger partial charge < -0.3 is 14.3 Å². The molecule has 0 fully saturated rings. The zero-order valence-electron chi connectivity index (χ0n) is 11.7. The summed E-state index contributed by atoms with van der Waals surface area (Å²) >= 11 is 0. The quantitative estimate of drug-likeness (QED) is 0.756. The number of aldehydes is 1. The molecular weight excluding hydrogens is 252 g/mol. The van der Waals surface area contributed by atoms with Crippen molar-refractivity contribution < 1.29 is 14.3 Å². The standard InChI is InChI=1S/C17H18O3/c1-19-16-9-5-3-7-13(16)11-14(12-18)15-8-4-6-10-17(15)20-2/h3-10,12,14H,11H2,1-2H3. The van der Waals surface area contributed by atoms with Gasteiger partial charge in [0.2, 0.25) is 0 Å². The molecule has 2 aromatic carbocycles. The highest BCUT2D eigenvalue weighted by Crippen LogP contribution is 2.30. The van der Waals surface area contributed by atoms with E-state index in [1.54, 1.807) is 14.2 Å². The van der Waals surface area contributed by atoms with Crippen LogP contribution in [0, 0.1) is 0 Å². The number of benzene rings is 2. The molecule has 0 radical (unpaired) electrons. The average Bonchev–Trinajstić information content (AvgIpc) is 2.53. The number of hydrogen-bond donors (Lipinski definition) is 0. The van der Waals surface area contributed by atoms with Crippen LogP contribution in [0.25, 0.3) is 0 Å². The Balaban J connectivity index is 2.31. The molecule has 20 heavy (non-hydrogen) atoms. The predicted octanol–water partition coefficient (Wildman–Crippen LogP) is 3.23. The Morgan fingerprint density at radius 3 is 2.20 bits per heavy atom. The molecule has 1 unspecified atom stereocenters. The maximum Gasteiger partial charge on any atom is 0.127 e. The van der Waals surface area contributed by atoms with Gasteiger partial charge >= 0.3 is 0 Å². The highest BCUT2D eigenvalue weighted by Gasteiger charge is 2.17. The molecule has 0 aliphatic carbocycles. The fraction of sp³-hybridized carbons (Fsp3) is 0.235. The number of methoxy groups -OCH3 is 2. The Morgan fingerprint density at radius 2 is 1.55 bits per heavy atom. The number of rotatable bonds is 6. The van der Waals surface area contributed by atoms with E-state index >= 15 is 0 Å². The third-order valence-corrected chi connectivity index (χ3v) is 3.34. The van der Waals surface area contributed by atoms with Crippen LogP contribution in [0.15, 0.2) is 48.5 Å². The van der Waals surface area contributed by atoms with Crippen molar-refractivity contribution in [2.24, 2.45) is 0 Å². The lowest BCUT2D eigenvalue weighted by atomic mass is 9.92. The van der Waals surface area contributed by atoms with Crippen molar-refractivity contribution in [3.63, 3.8) is 0 Å². The van der Waals surface area contributed by atoms with Crippen molar-refractivity contribution in [3.8, 4) is 11.5 Å². The molecule has 0 bridgehead atoms. The molecule has 0 spiro atoms. The van der Waals surface area contributed by atoms with Gasteiger partial charge in [-0.2, -0.15) is 0 Å². The van der Waals surface area contributed by atoms with Gasteiger partial charge in [0.25, 0.3) is 0 Å². The molecule has 0 aromatic heterocycles. The first-order valence-electron chi connectivity index (χ1n) is 6.50. The van der Waals surface area contributed by atoms with Crippen molar-refractivity contribution in [3.05, 3.63) is 59.7 Å². The summed E-state index contributed by atoms with van der Waals surface area (Å²) < 4.78 is 10.7. The zero-order valence-corrected chi connectivity index (χ0v) is 11.7. The number of ether oxygens (including phenoxy) is 2. The predicted molar refractivity (Wildman–Crippen MR) is 78.5 cm³/mol. The van der Waals surface area contributed by atoms with Gasteiger partial charge in [0, 0.05) is 11.5 Å². The molecule has 0 aliphatic heterocycles. The van der Waals surface area contributed by atoms with Crippen LogP contribution in [0.4, 0.5) is 0 Å². The molecule has 0 saturated carbocycles. The van der Waals surface area contributed by atoms with Crippen LogP contribution in [0.3, 0.4) is 0 Å². The van der Waals surface area contributed by atoms with Gasteiger partial charge in [-0.15, -0.1) is 0 Å². The molecule has 0 amide bonds. The van der Waals surface area contributed by atoms with E-state index in [9.17, 15) is 4.79 Å². The third kappa shape index (κ3) is 2.99. The average molecular weight is 270 g/mol. The van der Waals surface area contributed by atoms with Crippen LogP contribution < -0.4 is 9.47 Å². The highest BCUT2D eigenvalue weighted by atomic mass is 16.5. The zero-order chi connectivity index (χ0) is 14.4. The minimum absolute atomic E-state index is 0.248. The largest absolute Gasteiger partial charge is 0.496 e. The Bertz CT molecular complexity index is 578. The van der Waals surface area contributed by atoms with Gasteiger partial charge in [-0.05, 0) is 24.1 Å². The first-order valence-corrected chi connectivity index (χ1v) is 6.50. The molecule has 0 aliphatic rings. The van der Waals surface area contributed by atoms with Crippen LogP contribution in [-0.2, 0) is 11.2 Å². The second-order valence-electron chi connectivity index (χ2n) is 4.50. The molecule has 0 N–H and O–H groups in total. The third-order valence-electron chi connectivity index (χ3n) is 3.34. The molecule has 0 saturated heterocycles. The van der Waals surface area contributed by atoms with Crippen LogP contribution in [-0.4, -0.2) is 20.5 Å². The normalized spacial score (nSPS) is 11.7. The van der Waals surface area contributed by atoms with E-state index < -0.39 is 0 Å². The minimum atomic E-state index is -0.248. The molecular formula is C17H18O3. The maximum atomic E-state index is 11.5. The summed E-state index contributed by atoms with van der Waals surface area (Å²) in [5, 5.41) is 0. The van der Waals surface area contributed by atoms with E-state index in [4.69, 9.17) is 9.47 Å². The van der Waals surface area contributed by atoms with E-state index in [-0.39, 0.29) is 5.92 Å². The molecule has 0 heterocycles. The monoisotopic (exact) mass is 270 g/mol. The summed E-state index contributed by atoms with van der Waals surface area (Å²) in [6, 6.07) is 15.3. The van der Waals surface area contributed by atoms with E-state index in [2.05, 4.69) is 0 Å². The molecule has 1 atom stereocenters. The lowest BCUT2D eigenvalue weighted by molar-refractivity contribution is -0.109. The van der Waals surface area contributed by atoms with Gasteiger partial charge in [-0.1, -0.05) is 36.4 Å². The minimum Gasteiger partial charge on any atom is -0.496 e. The lowest BCUT2D eigenvalue weighted by Crippen LogP contribution is -2.07. The summed E-state index contributed by atoms with van der Waals surface area (Å²) in [5.41, 5.74) is 1.91. The number of para-hydroxylation sites is 2. The van der Waals surface area contributed by atoms with E-state index in [0.717, 1.165) is 28.9 Å². The number of carbonyl (C=O) groups is 1. The van der Waals surface area contributed by atoms with Crippen LogP contribution in [0.1, 0.15) is 17.0 Å². The molecule has 2 aromatic rings. The summed E-state index contributed by atoms with van der Waals surface area (Å²) in [4.78, 5) is 11.5. The summed E-state index contributed by atoms with van der Waals surface area (Å²) in [7, 11) is 3.25. The Kier molecular flexibility index (Phi) is 4.77. The molecule has 104 valence electrons. The van der Waals surface area contributed by atoms with Crippen LogP contribution in [0.5, 0.6) is 11.5 Å².